The van der Waals surface area contributed by atoms with Crippen molar-refractivity contribution < 1.29 is 4.79 Å². The van der Waals surface area contributed by atoms with Crippen molar-refractivity contribution in [3.05, 3.63) is 15.9 Å². The topological polar surface area (TPSA) is 46.9 Å². The van der Waals surface area contributed by atoms with E-state index in [1.54, 1.807) is 0 Å². The third kappa shape index (κ3) is 2.45. The normalized spacial score (nSPS) is 15.9. The highest BCUT2D eigenvalue weighted by Crippen LogP contribution is 2.24. The molecule has 0 atom stereocenters. The quantitative estimate of drug-likeness (QED) is 0.897. The second-order valence-corrected chi connectivity index (χ2v) is 5.17. The summed E-state index contributed by atoms with van der Waals surface area (Å²) in [5.74, 6) is 0.522. The molecule has 1 fully saturated rings. The second kappa shape index (κ2) is 5.31. The Bertz CT molecular complexity index is 424. The van der Waals surface area contributed by atoms with E-state index in [1.807, 2.05) is 4.68 Å². The summed E-state index contributed by atoms with van der Waals surface area (Å²) < 4.78 is 2.95. The van der Waals surface area contributed by atoms with Crippen molar-refractivity contribution in [3.8, 4) is 0 Å². The summed E-state index contributed by atoms with van der Waals surface area (Å²) in [6.07, 6.45) is 1.38. The maximum atomic E-state index is 12.0. The standard InChI is InChI=1S/C12H18BrN3O/c1-3-9-12(13)10(16(4-2)15-9)5-11(17)8-6-14-7-8/h8,14H,3-7H2,1-2H3. The maximum absolute atomic E-state index is 12.0. The molecule has 4 nitrogen and oxygen atoms in total. The Labute approximate surface area is 110 Å². The van der Waals surface area contributed by atoms with Crippen molar-refractivity contribution in [2.45, 2.75) is 33.2 Å². The molecule has 0 spiro atoms. The predicted octanol–water partition coefficient (Wildman–Crippen LogP) is 1.56. The lowest BCUT2D eigenvalue weighted by molar-refractivity contribution is -0.123. The number of nitrogens with zero attached hydrogens (tertiary/aromatic N) is 2. The molecule has 1 aromatic heterocycles. The molecule has 0 unspecified atom stereocenters. The zero-order chi connectivity index (χ0) is 12.4. The molecule has 2 rings (SSSR count). The third-order valence-corrected chi connectivity index (χ3v) is 4.19. The summed E-state index contributed by atoms with van der Waals surface area (Å²) in [5.41, 5.74) is 2.07. The fraction of sp³-hybridized carbons (Fsp3) is 0.667. The molecule has 0 bridgehead atoms. The Balaban J connectivity index is 2.18. The molecule has 0 aliphatic carbocycles. The maximum Gasteiger partial charge on any atom is 0.144 e. The van der Waals surface area contributed by atoms with Crippen molar-refractivity contribution in [1.82, 2.24) is 15.1 Å². The first kappa shape index (κ1) is 12.8. The van der Waals surface area contributed by atoms with E-state index in [4.69, 9.17) is 0 Å². The fourth-order valence-electron chi connectivity index (χ4n) is 2.01. The Morgan fingerprint density at radius 2 is 2.24 bits per heavy atom. The molecule has 0 aromatic carbocycles. The van der Waals surface area contributed by atoms with Gasteiger partial charge < -0.3 is 5.32 Å². The van der Waals surface area contributed by atoms with Gasteiger partial charge >= 0.3 is 0 Å². The molecule has 1 aromatic rings. The zero-order valence-corrected chi connectivity index (χ0v) is 11.9. The summed E-state index contributed by atoms with van der Waals surface area (Å²) in [6.45, 7) is 6.60. The number of aromatic nitrogens is 2. The smallest absolute Gasteiger partial charge is 0.144 e. The number of aryl methyl sites for hydroxylation is 2. The van der Waals surface area contributed by atoms with Crippen molar-refractivity contribution >= 4 is 21.7 Å². The second-order valence-electron chi connectivity index (χ2n) is 4.37. The fourth-order valence-corrected chi connectivity index (χ4v) is 2.72. The lowest BCUT2D eigenvalue weighted by Gasteiger charge is -2.25. The molecule has 2 heterocycles. The number of nitrogens with one attached hydrogen (secondary N) is 1. The highest BCUT2D eigenvalue weighted by atomic mass is 79.9. The summed E-state index contributed by atoms with van der Waals surface area (Å²) in [5, 5.41) is 7.64. The van der Waals surface area contributed by atoms with Gasteiger partial charge in [0.2, 0.25) is 0 Å². The van der Waals surface area contributed by atoms with Gasteiger partial charge in [0.25, 0.3) is 0 Å². The predicted molar refractivity (Wildman–Crippen MR) is 70.0 cm³/mol. The number of halogens is 1. The van der Waals surface area contributed by atoms with Crippen LogP contribution in [0.2, 0.25) is 0 Å². The first-order chi connectivity index (χ1) is 8.17. The minimum absolute atomic E-state index is 0.201. The molecular weight excluding hydrogens is 282 g/mol. The number of rotatable bonds is 5. The van der Waals surface area contributed by atoms with Crippen LogP contribution < -0.4 is 5.32 Å². The average Bonchev–Trinajstić information content (AvgIpc) is 2.53. The van der Waals surface area contributed by atoms with Gasteiger partial charge in [-0.25, -0.2) is 0 Å². The molecule has 1 N–H and O–H groups in total. The van der Waals surface area contributed by atoms with Crippen molar-refractivity contribution in [2.75, 3.05) is 13.1 Å². The molecule has 17 heavy (non-hydrogen) atoms. The van der Waals surface area contributed by atoms with E-state index in [0.717, 1.165) is 41.9 Å². The molecule has 5 heteroatoms. The zero-order valence-electron chi connectivity index (χ0n) is 10.3. The minimum atomic E-state index is 0.201. The van der Waals surface area contributed by atoms with Gasteiger partial charge in [0.15, 0.2) is 0 Å². The first-order valence-electron chi connectivity index (χ1n) is 6.14. The Morgan fingerprint density at radius 3 is 2.71 bits per heavy atom. The van der Waals surface area contributed by atoms with Crippen molar-refractivity contribution in [2.24, 2.45) is 5.92 Å². The van der Waals surface area contributed by atoms with Crippen LogP contribution in [0.3, 0.4) is 0 Å². The molecule has 0 amide bonds. The summed E-state index contributed by atoms with van der Waals surface area (Å²) in [6, 6.07) is 0. The van der Waals surface area contributed by atoms with E-state index in [1.165, 1.54) is 0 Å². The van der Waals surface area contributed by atoms with E-state index in [-0.39, 0.29) is 5.92 Å². The van der Waals surface area contributed by atoms with Crippen molar-refractivity contribution in [1.29, 1.82) is 0 Å². The third-order valence-electron chi connectivity index (χ3n) is 3.27. The van der Waals surface area contributed by atoms with E-state index in [9.17, 15) is 4.79 Å². The van der Waals surface area contributed by atoms with E-state index >= 15 is 0 Å². The van der Waals surface area contributed by atoms with Gasteiger partial charge in [-0.15, -0.1) is 0 Å². The Hall–Kier alpha value is -0.680. The Morgan fingerprint density at radius 1 is 1.53 bits per heavy atom. The molecule has 1 aliphatic heterocycles. The van der Waals surface area contributed by atoms with Crippen LogP contribution >= 0.6 is 15.9 Å². The molecule has 1 aliphatic rings. The highest BCUT2D eigenvalue weighted by molar-refractivity contribution is 9.10. The van der Waals surface area contributed by atoms with Crippen LogP contribution in [-0.2, 0) is 24.2 Å². The monoisotopic (exact) mass is 299 g/mol. The SMILES string of the molecule is CCc1nn(CC)c(CC(=O)C2CNC2)c1Br. The molecule has 0 saturated carbocycles. The first-order valence-corrected chi connectivity index (χ1v) is 6.94. The summed E-state index contributed by atoms with van der Waals surface area (Å²) in [4.78, 5) is 12.0. The lowest BCUT2D eigenvalue weighted by atomic mass is 9.95. The summed E-state index contributed by atoms with van der Waals surface area (Å²) >= 11 is 3.57. The lowest BCUT2D eigenvalue weighted by Crippen LogP contribution is -2.47. The number of carbonyl (C=O) groups is 1. The molecule has 0 radical (unpaired) electrons. The van der Waals surface area contributed by atoms with E-state index < -0.39 is 0 Å². The van der Waals surface area contributed by atoms with Crippen LogP contribution in [-0.4, -0.2) is 28.7 Å². The van der Waals surface area contributed by atoms with Crippen molar-refractivity contribution in [3.63, 3.8) is 0 Å². The number of hydrogen-bond acceptors (Lipinski definition) is 3. The number of carbonyl (C=O) groups excluding carboxylic acids is 1. The van der Waals surface area contributed by atoms with Gasteiger partial charge in [-0.3, -0.25) is 9.48 Å². The van der Waals surface area contributed by atoms with Gasteiger partial charge in [-0.2, -0.15) is 5.10 Å². The van der Waals surface area contributed by atoms with Crippen LogP contribution in [0.1, 0.15) is 25.2 Å². The number of hydrogen-bond donors (Lipinski definition) is 1. The van der Waals surface area contributed by atoms with E-state index in [0.29, 0.717) is 12.2 Å². The van der Waals surface area contributed by atoms with Crippen LogP contribution in [0.5, 0.6) is 0 Å². The van der Waals surface area contributed by atoms with Crippen LogP contribution in [0.4, 0.5) is 0 Å². The molecule has 94 valence electrons. The summed E-state index contributed by atoms with van der Waals surface area (Å²) in [7, 11) is 0. The molecular formula is C12H18BrN3O. The van der Waals surface area contributed by atoms with Crippen LogP contribution in [0, 0.1) is 5.92 Å². The molecule has 1 saturated heterocycles. The van der Waals surface area contributed by atoms with Gasteiger partial charge in [0.05, 0.1) is 15.9 Å². The largest absolute Gasteiger partial charge is 0.315 e. The van der Waals surface area contributed by atoms with Crippen LogP contribution in [0.15, 0.2) is 4.47 Å². The van der Waals surface area contributed by atoms with Crippen LogP contribution in [0.25, 0.3) is 0 Å². The minimum Gasteiger partial charge on any atom is -0.315 e. The number of Topliss-reactive ketones (excluding diaryl/α,β-unsaturated/α-hetero) is 1. The van der Waals surface area contributed by atoms with Gasteiger partial charge in [0, 0.05) is 32.0 Å². The van der Waals surface area contributed by atoms with E-state index in [2.05, 4.69) is 40.2 Å². The average molecular weight is 300 g/mol. The highest BCUT2D eigenvalue weighted by Gasteiger charge is 2.27. The number of ketones is 1. The van der Waals surface area contributed by atoms with Gasteiger partial charge in [-0.05, 0) is 29.3 Å². The van der Waals surface area contributed by atoms with Gasteiger partial charge in [0.1, 0.15) is 5.78 Å². The van der Waals surface area contributed by atoms with Gasteiger partial charge in [-0.1, -0.05) is 6.92 Å². The Kier molecular flexibility index (Phi) is 3.99.